The maximum Gasteiger partial charge on any atom is 0.0273 e. The number of aromatic nitrogens is 1. The van der Waals surface area contributed by atoms with E-state index in [2.05, 4.69) is 96.0 Å². The molecule has 0 aliphatic heterocycles. The zero-order chi connectivity index (χ0) is 18.5. The predicted octanol–water partition coefficient (Wildman–Crippen LogP) is 7.22. The molecular weight excluding hydrogens is 338 g/mol. The number of benzene rings is 4. The van der Waals surface area contributed by atoms with E-state index in [1.807, 2.05) is 12.4 Å². The third kappa shape index (κ3) is 2.17. The first-order chi connectivity index (χ1) is 13.9. The van der Waals surface area contributed by atoms with Gasteiger partial charge >= 0.3 is 0 Å². The van der Waals surface area contributed by atoms with Gasteiger partial charge < -0.3 is 0 Å². The first-order valence-electron chi connectivity index (χ1n) is 9.56. The van der Waals surface area contributed by atoms with Crippen LogP contribution in [0.25, 0.3) is 55.3 Å². The third-order valence-electron chi connectivity index (χ3n) is 5.71. The molecule has 4 aromatic carbocycles. The van der Waals surface area contributed by atoms with Crippen molar-refractivity contribution in [2.45, 2.75) is 0 Å². The van der Waals surface area contributed by atoms with E-state index < -0.39 is 0 Å². The predicted molar refractivity (Wildman–Crippen MR) is 117 cm³/mol. The van der Waals surface area contributed by atoms with Crippen LogP contribution in [-0.4, -0.2) is 4.98 Å². The molecule has 1 heterocycles. The highest BCUT2D eigenvalue weighted by molar-refractivity contribution is 6.16. The van der Waals surface area contributed by atoms with Gasteiger partial charge in [-0.2, -0.15) is 0 Å². The van der Waals surface area contributed by atoms with E-state index in [0.717, 1.165) is 0 Å². The van der Waals surface area contributed by atoms with Gasteiger partial charge in [0.2, 0.25) is 0 Å². The summed E-state index contributed by atoms with van der Waals surface area (Å²) in [5.74, 6) is 0. The minimum atomic E-state index is 1.19. The van der Waals surface area contributed by atoms with E-state index in [0.29, 0.717) is 0 Å². The summed E-state index contributed by atoms with van der Waals surface area (Å²) in [7, 11) is 0. The largest absolute Gasteiger partial charge is 0.265 e. The van der Waals surface area contributed by atoms with Crippen LogP contribution in [0.2, 0.25) is 0 Å². The standard InChI is InChI=1S/C27H17N/c1-2-8-22(21(7-1)18-12-14-28-15-13-18)20-16-19-6-5-11-25-23-9-3-4-10-24(23)26(17-20)27(19)25/h1-17H. The zero-order valence-electron chi connectivity index (χ0n) is 15.3. The van der Waals surface area contributed by atoms with E-state index in [4.69, 9.17) is 0 Å². The van der Waals surface area contributed by atoms with Crippen molar-refractivity contribution in [1.29, 1.82) is 0 Å². The first-order valence-corrected chi connectivity index (χ1v) is 9.56. The second-order valence-corrected chi connectivity index (χ2v) is 7.25. The quantitative estimate of drug-likeness (QED) is 0.319. The van der Waals surface area contributed by atoms with Crippen molar-refractivity contribution in [3.8, 4) is 44.5 Å². The molecule has 5 aromatic rings. The fourth-order valence-corrected chi connectivity index (χ4v) is 4.49. The Hall–Kier alpha value is -3.71. The summed E-state index contributed by atoms with van der Waals surface area (Å²) in [5.41, 5.74) is 10.3. The van der Waals surface area contributed by atoms with Gasteiger partial charge in [-0.3, -0.25) is 4.98 Å². The molecule has 0 saturated carbocycles. The lowest BCUT2D eigenvalue weighted by atomic mass is 9.91. The Bertz CT molecular complexity index is 1350. The van der Waals surface area contributed by atoms with Gasteiger partial charge in [0, 0.05) is 12.4 Å². The second kappa shape index (κ2) is 5.90. The third-order valence-corrected chi connectivity index (χ3v) is 5.71. The van der Waals surface area contributed by atoms with Gasteiger partial charge in [-0.1, -0.05) is 66.7 Å². The lowest BCUT2D eigenvalue weighted by Crippen LogP contribution is -1.87. The molecule has 0 N–H and O–H groups in total. The van der Waals surface area contributed by atoms with Crippen LogP contribution in [0, 0.1) is 0 Å². The Balaban J connectivity index is 1.66. The zero-order valence-corrected chi connectivity index (χ0v) is 15.3. The molecule has 0 radical (unpaired) electrons. The van der Waals surface area contributed by atoms with Gasteiger partial charge in [-0.15, -0.1) is 0 Å². The highest BCUT2D eigenvalue weighted by Gasteiger charge is 2.22. The Kier molecular flexibility index (Phi) is 3.24. The van der Waals surface area contributed by atoms with Crippen molar-refractivity contribution in [2.75, 3.05) is 0 Å². The minimum absolute atomic E-state index is 1.19. The molecule has 0 atom stereocenters. The number of hydrogen-bond donors (Lipinski definition) is 0. The summed E-state index contributed by atoms with van der Waals surface area (Å²) in [6, 6.07) is 32.8. The molecule has 0 spiro atoms. The fraction of sp³-hybridized carbons (Fsp3) is 0. The molecule has 28 heavy (non-hydrogen) atoms. The van der Waals surface area contributed by atoms with Crippen LogP contribution in [0.3, 0.4) is 0 Å². The molecule has 1 aliphatic carbocycles. The second-order valence-electron chi connectivity index (χ2n) is 7.25. The van der Waals surface area contributed by atoms with Crippen molar-refractivity contribution in [2.24, 2.45) is 0 Å². The Morgan fingerprint density at radius 3 is 1.79 bits per heavy atom. The van der Waals surface area contributed by atoms with Gasteiger partial charge in [-0.05, 0) is 79.5 Å². The van der Waals surface area contributed by atoms with Crippen LogP contribution in [0.15, 0.2) is 103 Å². The van der Waals surface area contributed by atoms with Crippen LogP contribution >= 0.6 is 0 Å². The van der Waals surface area contributed by atoms with E-state index >= 15 is 0 Å². The summed E-state index contributed by atoms with van der Waals surface area (Å²) < 4.78 is 0. The number of nitrogens with zero attached hydrogens (tertiary/aromatic N) is 1. The van der Waals surface area contributed by atoms with E-state index in [1.54, 1.807) is 0 Å². The molecule has 1 heteroatoms. The number of hydrogen-bond acceptors (Lipinski definition) is 1. The molecule has 0 amide bonds. The molecule has 1 aromatic heterocycles. The highest BCUT2D eigenvalue weighted by Crippen LogP contribution is 2.49. The maximum atomic E-state index is 4.17. The molecule has 1 aliphatic rings. The SMILES string of the molecule is c1ccc(-c2cc3c4c(cccc4c2)-c2ccccc2-3)c(-c2ccncc2)c1. The van der Waals surface area contributed by atoms with E-state index in [9.17, 15) is 0 Å². The van der Waals surface area contributed by atoms with Crippen LogP contribution in [0.4, 0.5) is 0 Å². The van der Waals surface area contributed by atoms with Crippen molar-refractivity contribution < 1.29 is 0 Å². The van der Waals surface area contributed by atoms with Gasteiger partial charge in [0.05, 0.1) is 0 Å². The normalized spacial score (nSPS) is 11.6. The molecule has 0 unspecified atom stereocenters. The molecule has 0 fully saturated rings. The number of pyridine rings is 1. The maximum absolute atomic E-state index is 4.17. The summed E-state index contributed by atoms with van der Waals surface area (Å²) in [4.78, 5) is 4.17. The molecule has 0 bridgehead atoms. The summed E-state index contributed by atoms with van der Waals surface area (Å²) >= 11 is 0. The van der Waals surface area contributed by atoms with Gasteiger partial charge in [0.1, 0.15) is 0 Å². The average Bonchev–Trinajstić information content (AvgIpc) is 3.10. The molecule has 1 nitrogen and oxygen atoms in total. The summed E-state index contributed by atoms with van der Waals surface area (Å²) in [6.45, 7) is 0. The summed E-state index contributed by atoms with van der Waals surface area (Å²) in [6.07, 6.45) is 3.71. The smallest absolute Gasteiger partial charge is 0.0273 e. The average molecular weight is 355 g/mol. The van der Waals surface area contributed by atoms with Gasteiger partial charge in [0.25, 0.3) is 0 Å². The van der Waals surface area contributed by atoms with Crippen LogP contribution in [-0.2, 0) is 0 Å². The molecular formula is C27H17N. The Morgan fingerprint density at radius 2 is 1.04 bits per heavy atom. The molecule has 130 valence electrons. The van der Waals surface area contributed by atoms with Crippen molar-refractivity contribution in [3.05, 3.63) is 103 Å². The lowest BCUT2D eigenvalue weighted by Gasteiger charge is -2.12. The highest BCUT2D eigenvalue weighted by atomic mass is 14.6. The Morgan fingerprint density at radius 1 is 0.429 bits per heavy atom. The fourth-order valence-electron chi connectivity index (χ4n) is 4.49. The first kappa shape index (κ1) is 15.4. The molecule has 6 rings (SSSR count). The van der Waals surface area contributed by atoms with Crippen molar-refractivity contribution in [1.82, 2.24) is 4.98 Å². The summed E-state index contributed by atoms with van der Waals surface area (Å²) in [5, 5.41) is 2.67. The van der Waals surface area contributed by atoms with Crippen LogP contribution in [0.5, 0.6) is 0 Å². The molecule has 0 saturated heterocycles. The van der Waals surface area contributed by atoms with Gasteiger partial charge in [-0.25, -0.2) is 0 Å². The van der Waals surface area contributed by atoms with Crippen molar-refractivity contribution in [3.63, 3.8) is 0 Å². The van der Waals surface area contributed by atoms with Gasteiger partial charge in [0.15, 0.2) is 0 Å². The van der Waals surface area contributed by atoms with E-state index in [-0.39, 0.29) is 0 Å². The topological polar surface area (TPSA) is 12.9 Å². The Labute approximate surface area is 163 Å². The monoisotopic (exact) mass is 355 g/mol. The van der Waals surface area contributed by atoms with Crippen molar-refractivity contribution >= 4 is 10.8 Å². The van der Waals surface area contributed by atoms with Crippen LogP contribution < -0.4 is 0 Å². The lowest BCUT2D eigenvalue weighted by molar-refractivity contribution is 1.33. The van der Waals surface area contributed by atoms with E-state index in [1.165, 1.54) is 55.3 Å². The van der Waals surface area contributed by atoms with Crippen LogP contribution in [0.1, 0.15) is 0 Å². The number of rotatable bonds is 2. The minimum Gasteiger partial charge on any atom is -0.265 e. The number of fused-ring (bicyclic) bond motifs is 3.